The zero-order chi connectivity index (χ0) is 22.6. The van der Waals surface area contributed by atoms with Crippen LogP contribution < -0.4 is 4.90 Å². The SMILES string of the molecule is Cc1c(N2CCN(C)CC2)cc(S(=O)(=O)n2cc(C)c3ccc(F)cc32)c2ccccc12. The molecule has 1 aliphatic rings. The van der Waals surface area contributed by atoms with Crippen molar-refractivity contribution in [1.29, 1.82) is 0 Å². The van der Waals surface area contributed by atoms with Crippen LogP contribution in [-0.4, -0.2) is 50.5 Å². The number of benzene rings is 3. The first-order chi connectivity index (χ1) is 15.3. The van der Waals surface area contributed by atoms with Crippen molar-refractivity contribution in [2.45, 2.75) is 18.7 Å². The number of halogens is 1. The molecule has 5 nitrogen and oxygen atoms in total. The molecule has 0 bridgehead atoms. The Morgan fingerprint density at radius 2 is 1.56 bits per heavy atom. The lowest BCUT2D eigenvalue weighted by Gasteiger charge is -2.35. The van der Waals surface area contributed by atoms with Gasteiger partial charge in [-0.15, -0.1) is 0 Å². The van der Waals surface area contributed by atoms with Crippen molar-refractivity contribution in [3.05, 3.63) is 71.7 Å². The first-order valence-electron chi connectivity index (χ1n) is 10.8. The molecule has 1 aliphatic heterocycles. The Morgan fingerprint density at radius 1 is 0.875 bits per heavy atom. The normalized spacial score (nSPS) is 15.7. The largest absolute Gasteiger partial charge is 0.369 e. The minimum absolute atomic E-state index is 0.244. The molecule has 7 heteroatoms. The highest BCUT2D eigenvalue weighted by atomic mass is 32.2. The molecule has 4 aromatic rings. The molecule has 0 atom stereocenters. The number of anilines is 1. The van der Waals surface area contributed by atoms with E-state index in [9.17, 15) is 12.8 Å². The summed E-state index contributed by atoms with van der Waals surface area (Å²) in [5, 5.41) is 2.33. The van der Waals surface area contributed by atoms with E-state index in [-0.39, 0.29) is 4.90 Å². The predicted molar refractivity (Wildman–Crippen MR) is 128 cm³/mol. The molecule has 0 amide bonds. The van der Waals surface area contributed by atoms with Crippen LogP contribution in [0.5, 0.6) is 0 Å². The molecule has 0 saturated carbocycles. The van der Waals surface area contributed by atoms with Gasteiger partial charge in [-0.1, -0.05) is 24.3 Å². The summed E-state index contributed by atoms with van der Waals surface area (Å²) >= 11 is 0. The van der Waals surface area contributed by atoms with Crippen molar-refractivity contribution >= 4 is 37.4 Å². The second kappa shape index (κ2) is 7.60. The number of aromatic nitrogens is 1. The smallest absolute Gasteiger partial charge is 0.268 e. The van der Waals surface area contributed by atoms with E-state index in [2.05, 4.69) is 23.8 Å². The lowest BCUT2D eigenvalue weighted by molar-refractivity contribution is 0.312. The molecule has 0 radical (unpaired) electrons. The third-order valence-electron chi connectivity index (χ3n) is 6.56. The van der Waals surface area contributed by atoms with Crippen LogP contribution in [0.1, 0.15) is 11.1 Å². The first kappa shape index (κ1) is 21.0. The second-order valence-corrected chi connectivity index (χ2v) is 10.4. The highest BCUT2D eigenvalue weighted by Gasteiger charge is 2.26. The maximum atomic E-state index is 14.0. The van der Waals surface area contributed by atoms with Crippen molar-refractivity contribution in [2.24, 2.45) is 0 Å². The van der Waals surface area contributed by atoms with Crippen LogP contribution in [0.25, 0.3) is 21.7 Å². The van der Waals surface area contributed by atoms with Crippen LogP contribution in [0.3, 0.4) is 0 Å². The van der Waals surface area contributed by atoms with Crippen LogP contribution >= 0.6 is 0 Å². The maximum absolute atomic E-state index is 14.0. The van der Waals surface area contributed by atoms with E-state index in [1.807, 2.05) is 31.2 Å². The minimum Gasteiger partial charge on any atom is -0.369 e. The predicted octanol–water partition coefficient (Wildman–Crippen LogP) is 4.54. The van der Waals surface area contributed by atoms with Gasteiger partial charge in [-0.05, 0) is 61.7 Å². The molecule has 2 heterocycles. The first-order valence-corrected chi connectivity index (χ1v) is 12.2. The summed E-state index contributed by atoms with van der Waals surface area (Å²) in [6.07, 6.45) is 1.59. The number of fused-ring (bicyclic) bond motifs is 2. The van der Waals surface area contributed by atoms with Crippen LogP contribution in [0.4, 0.5) is 10.1 Å². The molecule has 0 aliphatic carbocycles. The molecule has 5 rings (SSSR count). The summed E-state index contributed by atoms with van der Waals surface area (Å²) in [4.78, 5) is 4.78. The van der Waals surface area contributed by atoms with Crippen LogP contribution in [0, 0.1) is 19.7 Å². The van der Waals surface area contributed by atoms with Crippen LogP contribution in [0.2, 0.25) is 0 Å². The van der Waals surface area contributed by atoms with Gasteiger partial charge in [0.25, 0.3) is 10.0 Å². The maximum Gasteiger partial charge on any atom is 0.268 e. The minimum atomic E-state index is -3.96. The molecule has 1 aromatic heterocycles. The molecule has 0 spiro atoms. The van der Waals surface area contributed by atoms with Gasteiger partial charge in [0.1, 0.15) is 5.82 Å². The monoisotopic (exact) mass is 451 g/mol. The number of piperazine rings is 1. The van der Waals surface area contributed by atoms with E-state index in [4.69, 9.17) is 0 Å². The zero-order valence-corrected chi connectivity index (χ0v) is 19.3. The van der Waals surface area contributed by atoms with Crippen molar-refractivity contribution in [2.75, 3.05) is 38.1 Å². The Bertz CT molecular complexity index is 1450. The number of hydrogen-bond acceptors (Lipinski definition) is 4. The van der Waals surface area contributed by atoms with Gasteiger partial charge < -0.3 is 9.80 Å². The topological polar surface area (TPSA) is 45.6 Å². The Labute approximate surface area is 187 Å². The Balaban J connectivity index is 1.77. The van der Waals surface area contributed by atoms with Gasteiger partial charge in [0, 0.05) is 48.8 Å². The van der Waals surface area contributed by atoms with E-state index in [1.165, 1.54) is 16.1 Å². The summed E-state index contributed by atoms with van der Waals surface area (Å²) in [7, 11) is -1.87. The lowest BCUT2D eigenvalue weighted by Crippen LogP contribution is -2.44. The fraction of sp³-hybridized carbons (Fsp3) is 0.280. The average molecular weight is 452 g/mol. The second-order valence-electron chi connectivity index (χ2n) is 8.63. The van der Waals surface area contributed by atoms with E-state index >= 15 is 0 Å². The molecule has 1 saturated heterocycles. The fourth-order valence-corrected chi connectivity index (χ4v) is 6.34. The zero-order valence-electron chi connectivity index (χ0n) is 18.5. The summed E-state index contributed by atoms with van der Waals surface area (Å²) in [5.74, 6) is -0.459. The Hall–Kier alpha value is -2.90. The number of rotatable bonds is 3. The third-order valence-corrected chi connectivity index (χ3v) is 8.28. The quantitative estimate of drug-likeness (QED) is 0.459. The van der Waals surface area contributed by atoms with Crippen molar-refractivity contribution in [3.63, 3.8) is 0 Å². The lowest BCUT2D eigenvalue weighted by atomic mass is 10.0. The molecule has 0 unspecified atom stereocenters. The van der Waals surface area contributed by atoms with Gasteiger partial charge in [-0.2, -0.15) is 0 Å². The summed E-state index contributed by atoms with van der Waals surface area (Å²) in [6.45, 7) is 7.42. The van der Waals surface area contributed by atoms with Gasteiger partial charge in [0.2, 0.25) is 0 Å². The molecule has 166 valence electrons. The summed E-state index contributed by atoms with van der Waals surface area (Å²) < 4.78 is 43.3. The third kappa shape index (κ3) is 3.27. The van der Waals surface area contributed by atoms with E-state index in [0.717, 1.165) is 53.8 Å². The summed E-state index contributed by atoms with van der Waals surface area (Å²) in [5.41, 5.74) is 3.16. The van der Waals surface area contributed by atoms with Crippen molar-refractivity contribution in [3.8, 4) is 0 Å². The molecule has 3 aromatic carbocycles. The van der Waals surface area contributed by atoms with Crippen LogP contribution in [0.15, 0.2) is 59.6 Å². The number of likely N-dealkylation sites (N-methyl/N-ethyl adjacent to an activating group) is 1. The highest BCUT2D eigenvalue weighted by Crippen LogP contribution is 2.36. The van der Waals surface area contributed by atoms with E-state index < -0.39 is 15.8 Å². The van der Waals surface area contributed by atoms with Crippen LogP contribution in [-0.2, 0) is 10.0 Å². The number of nitrogens with zero attached hydrogens (tertiary/aromatic N) is 3. The fourth-order valence-electron chi connectivity index (χ4n) is 4.70. The van der Waals surface area contributed by atoms with Crippen molar-refractivity contribution < 1.29 is 12.8 Å². The van der Waals surface area contributed by atoms with Gasteiger partial charge in [-0.25, -0.2) is 16.8 Å². The standard InChI is InChI=1S/C25H26FN3O2S/c1-17-16-29(24-14-19(26)8-9-20(17)24)32(30,31)25-15-23(28-12-10-27(3)11-13-28)18(2)21-6-4-5-7-22(21)25/h4-9,14-16H,10-13H2,1-3H3. The molecule has 0 N–H and O–H groups in total. The highest BCUT2D eigenvalue weighted by molar-refractivity contribution is 7.90. The van der Waals surface area contributed by atoms with Gasteiger partial charge in [-0.3, -0.25) is 0 Å². The number of hydrogen-bond donors (Lipinski definition) is 0. The van der Waals surface area contributed by atoms with E-state index in [0.29, 0.717) is 10.9 Å². The van der Waals surface area contributed by atoms with Gasteiger partial charge >= 0.3 is 0 Å². The molecule has 32 heavy (non-hydrogen) atoms. The Morgan fingerprint density at radius 3 is 2.28 bits per heavy atom. The van der Waals surface area contributed by atoms with Crippen molar-refractivity contribution in [1.82, 2.24) is 8.87 Å². The summed E-state index contributed by atoms with van der Waals surface area (Å²) in [6, 6.07) is 13.7. The average Bonchev–Trinajstić information content (AvgIpc) is 3.11. The molecular weight excluding hydrogens is 425 g/mol. The van der Waals surface area contributed by atoms with Gasteiger partial charge in [0.05, 0.1) is 10.4 Å². The molecule has 1 fully saturated rings. The van der Waals surface area contributed by atoms with E-state index in [1.54, 1.807) is 18.3 Å². The number of aryl methyl sites for hydroxylation is 2. The molecular formula is C25H26FN3O2S. The van der Waals surface area contributed by atoms with Gasteiger partial charge in [0.15, 0.2) is 0 Å². The Kier molecular flexibility index (Phi) is 4.98.